The molecule has 0 aliphatic heterocycles. The number of hydrogen-bond donors (Lipinski definition) is 2. The maximum Gasteiger partial charge on any atom is 0.306 e. The number of aliphatic hydroxyl groups excluding tert-OH is 2. The van der Waals surface area contributed by atoms with Crippen LogP contribution in [0.5, 0.6) is 0 Å². The number of allylic oxidation sites excluding steroid dienone is 2. The summed E-state index contributed by atoms with van der Waals surface area (Å²) in [5.41, 5.74) is 0. The minimum absolute atomic E-state index is 0.325. The van der Waals surface area contributed by atoms with Crippen molar-refractivity contribution < 1.29 is 24.5 Å². The SMILES string of the molecule is CCCCCCCC/C=C\CCCCCCCC(=O)OC(CO)CO.CCOCC. The Morgan fingerprint density at radius 1 is 0.733 bits per heavy atom. The number of hydrogen-bond acceptors (Lipinski definition) is 5. The Morgan fingerprint density at radius 3 is 1.63 bits per heavy atom. The highest BCUT2D eigenvalue weighted by Gasteiger charge is 2.11. The van der Waals surface area contributed by atoms with E-state index in [-0.39, 0.29) is 19.2 Å². The second-order valence-corrected chi connectivity index (χ2v) is 7.59. The summed E-state index contributed by atoms with van der Waals surface area (Å²) in [7, 11) is 0. The van der Waals surface area contributed by atoms with Crippen molar-refractivity contribution in [2.75, 3.05) is 26.4 Å². The molecule has 0 fully saturated rings. The standard InChI is InChI=1S/C21H40O4.C4H10O/c1-2-3-4-5-6-7-8-9-10-11-12-13-14-15-16-17-21(24)25-20(18-22)19-23;1-3-5-4-2/h9-10,20,22-23H,2-8,11-19H2,1H3;3-4H2,1-2H3/b10-9-;. The lowest BCUT2D eigenvalue weighted by Gasteiger charge is -2.12. The van der Waals surface area contributed by atoms with Crippen LogP contribution in [0.1, 0.15) is 111 Å². The molecular weight excluding hydrogens is 380 g/mol. The highest BCUT2D eigenvalue weighted by molar-refractivity contribution is 5.69. The fraction of sp³-hybridized carbons (Fsp3) is 0.880. The minimum Gasteiger partial charge on any atom is -0.457 e. The van der Waals surface area contributed by atoms with E-state index in [1.165, 1.54) is 57.8 Å². The number of carbonyl (C=O) groups excluding carboxylic acids is 1. The maximum atomic E-state index is 11.5. The predicted molar refractivity (Wildman–Crippen MR) is 126 cm³/mol. The lowest BCUT2D eigenvalue weighted by atomic mass is 10.1. The molecule has 0 heterocycles. The highest BCUT2D eigenvalue weighted by atomic mass is 16.6. The monoisotopic (exact) mass is 430 g/mol. The third-order valence-corrected chi connectivity index (χ3v) is 4.76. The first kappa shape index (κ1) is 31.3. The maximum absolute atomic E-state index is 11.5. The van der Waals surface area contributed by atoms with E-state index < -0.39 is 6.10 Å². The van der Waals surface area contributed by atoms with Crippen LogP contribution in [0.2, 0.25) is 0 Å². The molecule has 0 aliphatic rings. The summed E-state index contributed by atoms with van der Waals surface area (Å²) in [5, 5.41) is 17.7. The van der Waals surface area contributed by atoms with Gasteiger partial charge >= 0.3 is 5.97 Å². The molecule has 0 saturated heterocycles. The van der Waals surface area contributed by atoms with E-state index in [0.29, 0.717) is 6.42 Å². The molecule has 0 spiro atoms. The van der Waals surface area contributed by atoms with Gasteiger partial charge in [-0.2, -0.15) is 0 Å². The van der Waals surface area contributed by atoms with Gasteiger partial charge in [0.15, 0.2) is 0 Å². The second kappa shape index (κ2) is 28.1. The summed E-state index contributed by atoms with van der Waals surface area (Å²) in [6.45, 7) is 7.27. The minimum atomic E-state index is -0.768. The Balaban J connectivity index is 0. The topological polar surface area (TPSA) is 76.0 Å². The fourth-order valence-corrected chi connectivity index (χ4v) is 2.92. The summed E-state index contributed by atoms with van der Waals surface area (Å²) in [4.78, 5) is 11.5. The van der Waals surface area contributed by atoms with Gasteiger partial charge in [0, 0.05) is 19.6 Å². The molecular formula is C25H50O5. The van der Waals surface area contributed by atoms with Crippen LogP contribution in [0, 0.1) is 0 Å². The first-order valence-corrected chi connectivity index (χ1v) is 12.3. The summed E-state index contributed by atoms with van der Waals surface area (Å²) in [6.07, 6.45) is 20.2. The number of carbonyl (C=O) groups is 1. The molecule has 2 N–H and O–H groups in total. The molecule has 0 saturated carbocycles. The van der Waals surface area contributed by atoms with Crippen LogP contribution in [0.25, 0.3) is 0 Å². The van der Waals surface area contributed by atoms with E-state index in [1.807, 2.05) is 13.8 Å². The van der Waals surface area contributed by atoms with Gasteiger partial charge in [-0.3, -0.25) is 4.79 Å². The van der Waals surface area contributed by atoms with Crippen molar-refractivity contribution >= 4 is 5.97 Å². The zero-order valence-corrected chi connectivity index (χ0v) is 20.1. The van der Waals surface area contributed by atoms with Crippen LogP contribution in [-0.4, -0.2) is 48.7 Å². The summed E-state index contributed by atoms with van der Waals surface area (Å²) < 4.78 is 9.75. The molecule has 0 bridgehead atoms. The van der Waals surface area contributed by atoms with Crippen molar-refractivity contribution in [3.8, 4) is 0 Å². The van der Waals surface area contributed by atoms with Gasteiger partial charge in [0.25, 0.3) is 0 Å². The van der Waals surface area contributed by atoms with Crippen LogP contribution < -0.4 is 0 Å². The first-order chi connectivity index (χ1) is 14.7. The van der Waals surface area contributed by atoms with E-state index in [9.17, 15) is 4.79 Å². The third-order valence-electron chi connectivity index (χ3n) is 4.76. The number of rotatable bonds is 20. The molecule has 0 amide bonds. The first-order valence-electron chi connectivity index (χ1n) is 12.3. The van der Waals surface area contributed by atoms with Crippen molar-refractivity contribution in [2.24, 2.45) is 0 Å². The van der Waals surface area contributed by atoms with Gasteiger partial charge in [0.2, 0.25) is 0 Å². The zero-order chi connectivity index (χ0) is 22.7. The van der Waals surface area contributed by atoms with Crippen LogP contribution in [0.15, 0.2) is 12.2 Å². The largest absolute Gasteiger partial charge is 0.457 e. The van der Waals surface area contributed by atoms with Gasteiger partial charge in [-0.05, 0) is 46.0 Å². The molecule has 0 aromatic rings. The highest BCUT2D eigenvalue weighted by Crippen LogP contribution is 2.10. The molecule has 0 atom stereocenters. The Bertz CT molecular complexity index is 351. The van der Waals surface area contributed by atoms with Crippen LogP contribution >= 0.6 is 0 Å². The van der Waals surface area contributed by atoms with Gasteiger partial charge in [0.05, 0.1) is 13.2 Å². The van der Waals surface area contributed by atoms with E-state index in [4.69, 9.17) is 19.7 Å². The smallest absolute Gasteiger partial charge is 0.306 e. The number of esters is 1. The Kier molecular flexibility index (Phi) is 29.3. The van der Waals surface area contributed by atoms with Crippen molar-refractivity contribution in [1.82, 2.24) is 0 Å². The molecule has 0 rings (SSSR count). The number of unbranched alkanes of at least 4 members (excludes halogenated alkanes) is 11. The molecule has 0 aromatic carbocycles. The molecule has 0 aliphatic carbocycles. The second-order valence-electron chi connectivity index (χ2n) is 7.59. The van der Waals surface area contributed by atoms with Gasteiger partial charge in [-0.25, -0.2) is 0 Å². The quantitative estimate of drug-likeness (QED) is 0.141. The van der Waals surface area contributed by atoms with Crippen molar-refractivity contribution in [3.63, 3.8) is 0 Å². The van der Waals surface area contributed by atoms with Crippen LogP contribution in [0.4, 0.5) is 0 Å². The Labute approximate surface area is 186 Å². The van der Waals surface area contributed by atoms with Gasteiger partial charge in [0.1, 0.15) is 6.10 Å². The molecule has 0 aromatic heterocycles. The molecule has 5 heteroatoms. The lowest BCUT2D eigenvalue weighted by Crippen LogP contribution is -2.25. The van der Waals surface area contributed by atoms with Crippen molar-refractivity contribution in [1.29, 1.82) is 0 Å². The molecule has 30 heavy (non-hydrogen) atoms. The molecule has 0 unspecified atom stereocenters. The van der Waals surface area contributed by atoms with Crippen LogP contribution in [0.3, 0.4) is 0 Å². The van der Waals surface area contributed by atoms with Gasteiger partial charge in [-0.1, -0.05) is 70.4 Å². The van der Waals surface area contributed by atoms with E-state index in [1.54, 1.807) is 0 Å². The average molecular weight is 431 g/mol. The van der Waals surface area contributed by atoms with Gasteiger partial charge in [-0.15, -0.1) is 0 Å². The average Bonchev–Trinajstić information content (AvgIpc) is 2.75. The predicted octanol–water partition coefficient (Wildman–Crippen LogP) is 5.96. The van der Waals surface area contributed by atoms with E-state index in [2.05, 4.69) is 19.1 Å². The number of ether oxygens (including phenoxy) is 2. The normalized spacial score (nSPS) is 11.0. The molecule has 0 radical (unpaired) electrons. The molecule has 180 valence electrons. The summed E-state index contributed by atoms with van der Waals surface area (Å²) >= 11 is 0. The van der Waals surface area contributed by atoms with E-state index >= 15 is 0 Å². The summed E-state index contributed by atoms with van der Waals surface area (Å²) in [5.74, 6) is -0.328. The Hall–Kier alpha value is -0.910. The molecule has 5 nitrogen and oxygen atoms in total. The van der Waals surface area contributed by atoms with Crippen molar-refractivity contribution in [2.45, 2.75) is 117 Å². The Morgan fingerprint density at radius 2 is 1.20 bits per heavy atom. The zero-order valence-electron chi connectivity index (χ0n) is 20.1. The fourth-order valence-electron chi connectivity index (χ4n) is 2.92. The number of aliphatic hydroxyl groups is 2. The van der Waals surface area contributed by atoms with Crippen molar-refractivity contribution in [3.05, 3.63) is 12.2 Å². The third kappa shape index (κ3) is 27.1. The van der Waals surface area contributed by atoms with Crippen LogP contribution in [-0.2, 0) is 14.3 Å². The summed E-state index contributed by atoms with van der Waals surface area (Å²) in [6, 6.07) is 0. The van der Waals surface area contributed by atoms with E-state index in [0.717, 1.165) is 38.9 Å². The lowest BCUT2D eigenvalue weighted by molar-refractivity contribution is -0.153. The van der Waals surface area contributed by atoms with Gasteiger partial charge < -0.3 is 19.7 Å².